The number of hydrogen-bond donors (Lipinski definition) is 2. The van der Waals surface area contributed by atoms with Gasteiger partial charge in [-0.05, 0) is 42.6 Å². The van der Waals surface area contributed by atoms with Crippen molar-refractivity contribution in [2.24, 2.45) is 0 Å². The normalized spacial score (nSPS) is 11.0. The zero-order chi connectivity index (χ0) is 20.0. The Hall–Kier alpha value is -2.09. The van der Waals surface area contributed by atoms with Crippen LogP contribution in [0.3, 0.4) is 0 Å². The Balaban J connectivity index is 2.53. The molecule has 2 N–H and O–H groups in total. The first-order valence-corrected chi connectivity index (χ1v) is 9.95. The molecular formula is C19H28BrN5O2. The van der Waals surface area contributed by atoms with E-state index in [0.29, 0.717) is 39.6 Å². The first kappa shape index (κ1) is 21.2. The molecule has 148 valence electrons. The fourth-order valence-corrected chi connectivity index (χ4v) is 2.98. The average Bonchev–Trinajstić information content (AvgIpc) is 2.66. The van der Waals surface area contributed by atoms with Crippen LogP contribution in [-0.2, 0) is 0 Å². The molecule has 8 heteroatoms. The Bertz CT molecular complexity index is 766. The molecule has 2 aromatic heterocycles. The van der Waals surface area contributed by atoms with Gasteiger partial charge in [-0.25, -0.2) is 9.97 Å². The van der Waals surface area contributed by atoms with E-state index in [9.17, 15) is 0 Å². The smallest absolute Gasteiger partial charge is 0.242 e. The predicted molar refractivity (Wildman–Crippen MR) is 113 cm³/mol. The minimum absolute atomic E-state index is 0.00839. The number of anilines is 2. The van der Waals surface area contributed by atoms with E-state index in [1.807, 2.05) is 27.0 Å². The lowest BCUT2D eigenvalue weighted by Gasteiger charge is -2.19. The Kier molecular flexibility index (Phi) is 7.65. The van der Waals surface area contributed by atoms with E-state index < -0.39 is 0 Å². The van der Waals surface area contributed by atoms with E-state index in [4.69, 9.17) is 9.47 Å². The predicted octanol–water partition coefficient (Wildman–Crippen LogP) is 4.74. The highest BCUT2D eigenvalue weighted by Crippen LogP contribution is 2.37. The lowest BCUT2D eigenvalue weighted by Crippen LogP contribution is -2.19. The van der Waals surface area contributed by atoms with Crippen molar-refractivity contribution < 1.29 is 9.47 Å². The number of aromatic nitrogens is 3. The lowest BCUT2D eigenvalue weighted by molar-refractivity contribution is 0.243. The number of hydrogen-bond acceptors (Lipinski definition) is 7. The summed E-state index contributed by atoms with van der Waals surface area (Å²) in [6, 6.07) is 2.17. The van der Waals surface area contributed by atoms with Crippen LogP contribution in [0.4, 0.5) is 11.6 Å². The molecule has 0 saturated heterocycles. The van der Waals surface area contributed by atoms with Crippen LogP contribution in [0.1, 0.15) is 40.5 Å². The van der Waals surface area contributed by atoms with Crippen molar-refractivity contribution >= 4 is 27.6 Å². The molecule has 0 atom stereocenters. The summed E-state index contributed by atoms with van der Waals surface area (Å²) in [5, 5.41) is 6.43. The maximum atomic E-state index is 5.98. The fraction of sp³-hybridized carbons (Fsp3) is 0.526. The number of rotatable bonds is 9. The molecule has 0 amide bonds. The summed E-state index contributed by atoms with van der Waals surface area (Å²) in [4.78, 5) is 13.7. The van der Waals surface area contributed by atoms with Gasteiger partial charge in [-0.3, -0.25) is 0 Å². The number of pyridine rings is 1. The molecule has 0 spiro atoms. The summed E-state index contributed by atoms with van der Waals surface area (Å²) in [6.07, 6.45) is 3.72. The minimum atomic E-state index is 0.00839. The number of halogens is 1. The summed E-state index contributed by atoms with van der Waals surface area (Å²) >= 11 is 3.53. The van der Waals surface area contributed by atoms with Crippen molar-refractivity contribution in [3.63, 3.8) is 0 Å². The highest BCUT2D eigenvalue weighted by Gasteiger charge is 2.20. The standard InChI is InChI=1S/C19H28BrN5O2/c1-7-12(8-2)23-18-17(20)24-16(19(25-18)26-6)13-10-22-15(21-5)9-14(13)27-11(3)4/h9-12H,7-8H2,1-6H3,(H,21,22)(H,23,25). The summed E-state index contributed by atoms with van der Waals surface area (Å²) in [6.45, 7) is 8.23. The van der Waals surface area contributed by atoms with Gasteiger partial charge in [-0.1, -0.05) is 13.8 Å². The van der Waals surface area contributed by atoms with E-state index in [2.05, 4.69) is 55.4 Å². The second kappa shape index (κ2) is 9.73. The third-order valence-corrected chi connectivity index (χ3v) is 4.63. The van der Waals surface area contributed by atoms with Crippen LogP contribution >= 0.6 is 15.9 Å². The van der Waals surface area contributed by atoms with Crippen molar-refractivity contribution in [3.05, 3.63) is 16.9 Å². The van der Waals surface area contributed by atoms with E-state index in [0.717, 1.165) is 18.4 Å². The molecule has 7 nitrogen and oxygen atoms in total. The fourth-order valence-electron chi connectivity index (χ4n) is 2.60. The number of nitrogens with zero attached hydrogens (tertiary/aromatic N) is 3. The van der Waals surface area contributed by atoms with E-state index in [-0.39, 0.29) is 6.10 Å². The van der Waals surface area contributed by atoms with Crippen molar-refractivity contribution in [1.82, 2.24) is 15.0 Å². The van der Waals surface area contributed by atoms with Gasteiger partial charge in [0.1, 0.15) is 21.9 Å². The van der Waals surface area contributed by atoms with E-state index in [1.54, 1.807) is 13.3 Å². The molecule has 0 fully saturated rings. The van der Waals surface area contributed by atoms with Crippen LogP contribution in [0.5, 0.6) is 11.6 Å². The van der Waals surface area contributed by atoms with Crippen molar-refractivity contribution in [3.8, 4) is 22.9 Å². The number of nitrogens with one attached hydrogen (secondary N) is 2. The molecule has 0 bridgehead atoms. The lowest BCUT2D eigenvalue weighted by atomic mass is 10.1. The SMILES string of the molecule is CCC(CC)Nc1nc(OC)c(-c2cnc(NC)cc2OC(C)C)nc1Br. The molecular weight excluding hydrogens is 410 g/mol. The zero-order valence-corrected chi connectivity index (χ0v) is 18.3. The van der Waals surface area contributed by atoms with E-state index in [1.165, 1.54) is 0 Å². The zero-order valence-electron chi connectivity index (χ0n) is 16.8. The molecule has 0 aliphatic rings. The second-order valence-corrected chi connectivity index (χ2v) is 7.11. The topological polar surface area (TPSA) is 81.2 Å². The Labute approximate surface area is 169 Å². The molecule has 2 aromatic rings. The molecule has 27 heavy (non-hydrogen) atoms. The molecule has 0 radical (unpaired) electrons. The van der Waals surface area contributed by atoms with Crippen LogP contribution in [-0.4, -0.2) is 41.3 Å². The van der Waals surface area contributed by atoms with Crippen molar-refractivity contribution in [2.75, 3.05) is 24.8 Å². The van der Waals surface area contributed by atoms with Gasteiger partial charge < -0.3 is 20.1 Å². The first-order chi connectivity index (χ1) is 12.9. The van der Waals surface area contributed by atoms with Crippen LogP contribution in [0, 0.1) is 0 Å². The number of ether oxygens (including phenoxy) is 2. The summed E-state index contributed by atoms with van der Waals surface area (Å²) in [7, 11) is 3.40. The van der Waals surface area contributed by atoms with Gasteiger partial charge in [-0.15, -0.1) is 0 Å². The van der Waals surface area contributed by atoms with Crippen molar-refractivity contribution in [2.45, 2.75) is 52.7 Å². The second-order valence-electron chi connectivity index (χ2n) is 6.36. The van der Waals surface area contributed by atoms with Crippen LogP contribution in [0.2, 0.25) is 0 Å². The van der Waals surface area contributed by atoms with Gasteiger partial charge in [-0.2, -0.15) is 4.98 Å². The summed E-state index contributed by atoms with van der Waals surface area (Å²) in [5.74, 6) is 2.46. The van der Waals surface area contributed by atoms with E-state index >= 15 is 0 Å². The van der Waals surface area contributed by atoms with Gasteiger partial charge in [0.15, 0.2) is 5.82 Å². The molecule has 0 saturated carbocycles. The summed E-state index contributed by atoms with van der Waals surface area (Å²) < 4.78 is 12.1. The van der Waals surface area contributed by atoms with Crippen LogP contribution in [0.15, 0.2) is 16.9 Å². The number of methoxy groups -OCH3 is 1. The average molecular weight is 438 g/mol. The van der Waals surface area contributed by atoms with Crippen LogP contribution in [0.25, 0.3) is 11.3 Å². The summed E-state index contributed by atoms with van der Waals surface area (Å²) in [5.41, 5.74) is 1.30. The first-order valence-electron chi connectivity index (χ1n) is 9.16. The molecule has 0 aromatic carbocycles. The van der Waals surface area contributed by atoms with Crippen LogP contribution < -0.4 is 20.1 Å². The molecule has 0 aliphatic heterocycles. The highest BCUT2D eigenvalue weighted by molar-refractivity contribution is 9.10. The maximum Gasteiger partial charge on any atom is 0.242 e. The Morgan fingerprint density at radius 2 is 1.89 bits per heavy atom. The van der Waals surface area contributed by atoms with Gasteiger partial charge in [0.25, 0.3) is 0 Å². The molecule has 2 heterocycles. The van der Waals surface area contributed by atoms with Gasteiger partial charge in [0.05, 0.1) is 18.8 Å². The Morgan fingerprint density at radius 1 is 1.19 bits per heavy atom. The third kappa shape index (κ3) is 5.22. The maximum absolute atomic E-state index is 5.98. The molecule has 0 unspecified atom stereocenters. The Morgan fingerprint density at radius 3 is 2.44 bits per heavy atom. The molecule has 0 aliphatic carbocycles. The monoisotopic (exact) mass is 437 g/mol. The molecule has 2 rings (SSSR count). The minimum Gasteiger partial charge on any atom is -0.490 e. The largest absolute Gasteiger partial charge is 0.490 e. The van der Waals surface area contributed by atoms with Gasteiger partial charge in [0, 0.05) is 25.4 Å². The van der Waals surface area contributed by atoms with Crippen molar-refractivity contribution in [1.29, 1.82) is 0 Å². The van der Waals surface area contributed by atoms with Gasteiger partial charge in [0.2, 0.25) is 5.88 Å². The van der Waals surface area contributed by atoms with Gasteiger partial charge >= 0.3 is 0 Å². The third-order valence-electron chi connectivity index (χ3n) is 4.08. The highest BCUT2D eigenvalue weighted by atomic mass is 79.9. The quantitative estimate of drug-likeness (QED) is 0.585.